The van der Waals surface area contributed by atoms with E-state index < -0.39 is 21.0 Å². The molecular formula is C16H21NO4S3. The first-order valence-electron chi connectivity index (χ1n) is 7.67. The Kier molecular flexibility index (Phi) is 6.97. The Hall–Kier alpha value is -1.22. The topological polar surface area (TPSA) is 83.5 Å². The van der Waals surface area contributed by atoms with Crippen molar-refractivity contribution in [3.05, 3.63) is 34.5 Å². The lowest BCUT2D eigenvalue weighted by Gasteiger charge is -2.12. The molecule has 132 valence electrons. The highest BCUT2D eigenvalue weighted by molar-refractivity contribution is 7.92. The number of carbonyl (C=O) groups excluding carboxylic acids is 1. The van der Waals surface area contributed by atoms with Crippen LogP contribution in [-0.2, 0) is 21.1 Å². The van der Waals surface area contributed by atoms with Crippen LogP contribution in [0, 0.1) is 0 Å². The lowest BCUT2D eigenvalue weighted by atomic mass is 10.1. The van der Waals surface area contributed by atoms with Gasteiger partial charge in [-0.05, 0) is 42.8 Å². The summed E-state index contributed by atoms with van der Waals surface area (Å²) < 4.78 is 23.1. The fourth-order valence-corrected chi connectivity index (χ4v) is 5.40. The van der Waals surface area contributed by atoms with Crippen LogP contribution in [0.15, 0.2) is 29.6 Å². The van der Waals surface area contributed by atoms with Crippen LogP contribution in [0.3, 0.4) is 0 Å². The average Bonchev–Trinajstić information content (AvgIpc) is 3.19. The van der Waals surface area contributed by atoms with Gasteiger partial charge >= 0.3 is 0 Å². The van der Waals surface area contributed by atoms with Crippen LogP contribution >= 0.6 is 22.7 Å². The number of hydroxylamine groups is 1. The van der Waals surface area contributed by atoms with E-state index in [0.717, 1.165) is 25.5 Å². The number of unbranched alkanes of at least 4 members (excludes halogenated alkanes) is 2. The lowest BCUT2D eigenvalue weighted by Crippen LogP contribution is -2.37. The summed E-state index contributed by atoms with van der Waals surface area (Å²) >= 11 is 3.51. The maximum absolute atomic E-state index is 11.6. The van der Waals surface area contributed by atoms with Crippen molar-refractivity contribution in [2.45, 2.75) is 37.4 Å². The Labute approximate surface area is 150 Å². The van der Waals surface area contributed by atoms with E-state index in [-0.39, 0.29) is 6.42 Å². The zero-order valence-electron chi connectivity index (χ0n) is 13.4. The molecule has 2 rings (SSSR count). The molecule has 0 aromatic carbocycles. The van der Waals surface area contributed by atoms with Crippen LogP contribution < -0.4 is 5.48 Å². The fraction of sp³-hybridized carbons (Fsp3) is 0.438. The van der Waals surface area contributed by atoms with Crippen LogP contribution in [0.2, 0.25) is 0 Å². The van der Waals surface area contributed by atoms with Crippen LogP contribution in [0.5, 0.6) is 0 Å². The van der Waals surface area contributed by atoms with Gasteiger partial charge in [-0.3, -0.25) is 10.0 Å². The highest BCUT2D eigenvalue weighted by Gasteiger charge is 2.27. The number of hydrogen-bond acceptors (Lipinski definition) is 6. The van der Waals surface area contributed by atoms with E-state index in [1.165, 1.54) is 20.1 Å². The second-order valence-electron chi connectivity index (χ2n) is 5.64. The molecule has 0 saturated heterocycles. The van der Waals surface area contributed by atoms with Gasteiger partial charge in [0.1, 0.15) is 5.25 Å². The molecule has 24 heavy (non-hydrogen) atoms. The van der Waals surface area contributed by atoms with Crippen LogP contribution in [-0.4, -0.2) is 31.0 Å². The van der Waals surface area contributed by atoms with Gasteiger partial charge in [-0.1, -0.05) is 18.9 Å². The molecule has 8 heteroatoms. The van der Waals surface area contributed by atoms with Crippen molar-refractivity contribution in [1.82, 2.24) is 5.48 Å². The van der Waals surface area contributed by atoms with Gasteiger partial charge in [-0.15, -0.1) is 22.7 Å². The summed E-state index contributed by atoms with van der Waals surface area (Å²) in [6.45, 7) is 0. The third-order valence-corrected chi connectivity index (χ3v) is 7.43. The summed E-state index contributed by atoms with van der Waals surface area (Å²) in [7, 11) is -3.51. The van der Waals surface area contributed by atoms with E-state index in [0.29, 0.717) is 6.42 Å². The Morgan fingerprint density at radius 1 is 1.21 bits per heavy atom. The first kappa shape index (κ1) is 19.1. The van der Waals surface area contributed by atoms with Crippen molar-refractivity contribution < 1.29 is 18.4 Å². The summed E-state index contributed by atoms with van der Waals surface area (Å²) in [4.78, 5) is 15.3. The van der Waals surface area contributed by atoms with Crippen molar-refractivity contribution in [2.24, 2.45) is 0 Å². The molecule has 0 radical (unpaired) electrons. The number of sulfone groups is 1. The molecule has 2 heterocycles. The molecule has 0 bridgehead atoms. The fourth-order valence-electron chi connectivity index (χ4n) is 2.48. The number of carbonyl (C=O) groups is 1. The molecule has 1 amide bonds. The van der Waals surface area contributed by atoms with Crippen molar-refractivity contribution in [3.8, 4) is 9.75 Å². The Bertz CT molecular complexity index is 750. The van der Waals surface area contributed by atoms with Gasteiger partial charge in [0.05, 0.1) is 0 Å². The van der Waals surface area contributed by atoms with Gasteiger partial charge in [0.25, 0.3) is 5.91 Å². The van der Waals surface area contributed by atoms with Crippen LogP contribution in [0.4, 0.5) is 0 Å². The van der Waals surface area contributed by atoms with Gasteiger partial charge in [0.2, 0.25) is 0 Å². The summed E-state index contributed by atoms with van der Waals surface area (Å²) in [6, 6.07) is 8.42. The standard InChI is InChI=1S/C16H21NO4S3/c1-24(20,21)15(16(18)17-19)8-4-2-3-6-12-9-10-14(23-12)13-7-5-11-22-13/h5,7,9-11,15,19H,2-4,6,8H2,1H3,(H,17,18). The third kappa shape index (κ3) is 5.41. The highest BCUT2D eigenvalue weighted by atomic mass is 32.2. The van der Waals surface area contributed by atoms with Crippen molar-refractivity contribution >= 4 is 38.4 Å². The normalized spacial score (nSPS) is 12.9. The van der Waals surface area contributed by atoms with Gasteiger partial charge < -0.3 is 0 Å². The predicted molar refractivity (Wildman–Crippen MR) is 98.4 cm³/mol. The number of aryl methyl sites for hydroxylation is 1. The van der Waals surface area contributed by atoms with Gasteiger partial charge in [-0.2, -0.15) is 0 Å². The van der Waals surface area contributed by atoms with Crippen molar-refractivity contribution in [2.75, 3.05) is 6.26 Å². The summed E-state index contributed by atoms with van der Waals surface area (Å²) in [5, 5.41) is 9.53. The number of nitrogens with one attached hydrogen (secondary N) is 1. The Balaban J connectivity index is 1.76. The second kappa shape index (κ2) is 8.75. The molecule has 0 aliphatic heterocycles. The Morgan fingerprint density at radius 3 is 2.62 bits per heavy atom. The quantitative estimate of drug-likeness (QED) is 0.392. The first-order chi connectivity index (χ1) is 11.4. The smallest absolute Gasteiger partial charge is 0.261 e. The average molecular weight is 388 g/mol. The molecule has 0 saturated carbocycles. The van der Waals surface area contributed by atoms with Crippen LogP contribution in [0.1, 0.15) is 30.6 Å². The SMILES string of the molecule is CS(=O)(=O)C(CCCCCc1ccc(-c2cccs2)s1)C(=O)NO. The summed E-state index contributed by atoms with van der Waals surface area (Å²) in [5.41, 5.74) is 1.44. The Morgan fingerprint density at radius 2 is 2.00 bits per heavy atom. The third-order valence-electron chi connectivity index (χ3n) is 3.73. The van der Waals surface area contributed by atoms with Crippen molar-refractivity contribution in [3.63, 3.8) is 0 Å². The summed E-state index contributed by atoms with van der Waals surface area (Å²) in [5.74, 6) is -0.851. The molecule has 1 unspecified atom stereocenters. The molecule has 2 aromatic rings. The number of hydrogen-bond donors (Lipinski definition) is 2. The zero-order chi connectivity index (χ0) is 17.6. The largest absolute Gasteiger partial charge is 0.289 e. The lowest BCUT2D eigenvalue weighted by molar-refractivity contribution is -0.128. The van der Waals surface area contributed by atoms with E-state index in [1.807, 2.05) is 6.07 Å². The predicted octanol–water partition coefficient (Wildman–Crippen LogP) is 3.50. The second-order valence-corrected chi connectivity index (χ2v) is 9.98. The monoisotopic (exact) mass is 387 g/mol. The molecule has 2 aromatic heterocycles. The summed E-state index contributed by atoms with van der Waals surface area (Å²) in [6.07, 6.45) is 4.62. The highest BCUT2D eigenvalue weighted by Crippen LogP contribution is 2.32. The molecular weight excluding hydrogens is 366 g/mol. The van der Waals surface area contributed by atoms with Crippen LogP contribution in [0.25, 0.3) is 9.75 Å². The van der Waals surface area contributed by atoms with E-state index >= 15 is 0 Å². The minimum absolute atomic E-state index is 0.232. The molecule has 0 aliphatic carbocycles. The van der Waals surface area contributed by atoms with E-state index in [1.54, 1.807) is 22.7 Å². The van der Waals surface area contributed by atoms with E-state index in [2.05, 4.69) is 23.6 Å². The maximum Gasteiger partial charge on any atom is 0.261 e. The number of amides is 1. The minimum Gasteiger partial charge on any atom is -0.289 e. The molecule has 2 N–H and O–H groups in total. The molecule has 5 nitrogen and oxygen atoms in total. The van der Waals surface area contributed by atoms with Gasteiger partial charge in [0.15, 0.2) is 9.84 Å². The molecule has 0 fully saturated rings. The van der Waals surface area contributed by atoms with Gasteiger partial charge in [-0.25, -0.2) is 13.9 Å². The van der Waals surface area contributed by atoms with E-state index in [9.17, 15) is 13.2 Å². The van der Waals surface area contributed by atoms with Gasteiger partial charge in [0, 0.05) is 20.9 Å². The molecule has 0 spiro atoms. The number of rotatable bonds is 9. The zero-order valence-corrected chi connectivity index (χ0v) is 15.8. The first-order valence-corrected chi connectivity index (χ1v) is 11.3. The number of thiophene rings is 2. The molecule has 1 atom stereocenters. The van der Waals surface area contributed by atoms with Crippen molar-refractivity contribution in [1.29, 1.82) is 0 Å². The maximum atomic E-state index is 11.6. The minimum atomic E-state index is -3.51. The molecule has 0 aliphatic rings. The van der Waals surface area contributed by atoms with E-state index in [4.69, 9.17) is 5.21 Å².